The number of carbonyl (C=O) groups is 1. The topological polar surface area (TPSA) is 42.0 Å². The zero-order chi connectivity index (χ0) is 21.1. The lowest BCUT2D eigenvalue weighted by atomic mass is 9.75. The number of amides is 1. The summed E-state index contributed by atoms with van der Waals surface area (Å²) >= 11 is 5.92. The standard InChI is InChI=1S/C25H26ClFN2O/c1-2-23(29-25(30)18-7-9-19(26)10-8-18)17-5-3-16(4-6-17)21-13-14-28-24-12-11-20(27)15-22(21)24/h7-17,23H,2-6H2,1H3,(H,29,30)/t16-,17+,23-/m1/s1. The predicted molar refractivity (Wildman–Crippen MR) is 119 cm³/mol. The van der Waals surface area contributed by atoms with Crippen LogP contribution in [0.4, 0.5) is 4.39 Å². The van der Waals surface area contributed by atoms with Crippen LogP contribution in [0.1, 0.15) is 60.9 Å². The fourth-order valence-electron chi connectivity index (χ4n) is 4.73. The quantitative estimate of drug-likeness (QED) is 0.507. The molecule has 0 radical (unpaired) electrons. The van der Waals surface area contributed by atoms with Crippen LogP contribution in [0, 0.1) is 11.7 Å². The molecule has 1 atom stereocenters. The summed E-state index contributed by atoms with van der Waals surface area (Å²) in [7, 11) is 0. The summed E-state index contributed by atoms with van der Waals surface area (Å²) in [6, 6.07) is 14.0. The van der Waals surface area contributed by atoms with Crippen LogP contribution < -0.4 is 5.32 Å². The molecule has 30 heavy (non-hydrogen) atoms. The molecule has 2 aromatic carbocycles. The summed E-state index contributed by atoms with van der Waals surface area (Å²) in [5, 5.41) is 4.77. The molecule has 1 amide bonds. The van der Waals surface area contributed by atoms with Crippen LogP contribution in [0.5, 0.6) is 0 Å². The third-order valence-electron chi connectivity index (χ3n) is 6.38. The maximum Gasteiger partial charge on any atom is 0.251 e. The van der Waals surface area contributed by atoms with E-state index in [0.29, 0.717) is 22.4 Å². The smallest absolute Gasteiger partial charge is 0.251 e. The molecule has 1 saturated carbocycles. The number of halogens is 2. The molecular weight excluding hydrogens is 399 g/mol. The van der Waals surface area contributed by atoms with Crippen LogP contribution in [-0.2, 0) is 0 Å². The molecule has 1 aliphatic carbocycles. The average molecular weight is 425 g/mol. The second-order valence-electron chi connectivity index (χ2n) is 8.17. The number of fused-ring (bicyclic) bond motifs is 1. The van der Waals surface area contributed by atoms with Gasteiger partial charge in [0.2, 0.25) is 0 Å². The summed E-state index contributed by atoms with van der Waals surface area (Å²) in [6.07, 6.45) is 6.88. The Balaban J connectivity index is 1.43. The van der Waals surface area contributed by atoms with E-state index in [4.69, 9.17) is 11.6 Å². The van der Waals surface area contributed by atoms with Gasteiger partial charge in [-0.1, -0.05) is 18.5 Å². The van der Waals surface area contributed by atoms with Crippen LogP contribution >= 0.6 is 11.6 Å². The Morgan fingerprint density at radius 3 is 2.57 bits per heavy atom. The van der Waals surface area contributed by atoms with Crippen LogP contribution in [0.15, 0.2) is 54.7 Å². The van der Waals surface area contributed by atoms with E-state index in [-0.39, 0.29) is 17.8 Å². The molecule has 1 aromatic heterocycles. The maximum atomic E-state index is 13.8. The number of pyridine rings is 1. The first-order valence-corrected chi connectivity index (χ1v) is 11.0. The summed E-state index contributed by atoms with van der Waals surface area (Å²) in [4.78, 5) is 17.0. The molecule has 0 unspecified atom stereocenters. The Labute approximate surface area is 181 Å². The number of carbonyl (C=O) groups excluding carboxylic acids is 1. The Kier molecular flexibility index (Phi) is 6.33. The van der Waals surface area contributed by atoms with Gasteiger partial charge in [-0.05, 0) is 98.0 Å². The fraction of sp³-hybridized carbons (Fsp3) is 0.360. The number of nitrogens with one attached hydrogen (secondary N) is 1. The van der Waals surface area contributed by atoms with Crippen molar-refractivity contribution in [1.82, 2.24) is 10.3 Å². The van der Waals surface area contributed by atoms with Gasteiger partial charge in [-0.3, -0.25) is 9.78 Å². The van der Waals surface area contributed by atoms with Crippen LogP contribution in [0.25, 0.3) is 10.9 Å². The third kappa shape index (κ3) is 4.49. The van der Waals surface area contributed by atoms with E-state index < -0.39 is 0 Å². The second kappa shape index (κ2) is 9.13. The molecule has 3 nitrogen and oxygen atoms in total. The highest BCUT2D eigenvalue weighted by Crippen LogP contribution is 2.39. The van der Waals surface area contributed by atoms with E-state index in [2.05, 4.69) is 17.2 Å². The molecule has 1 aliphatic rings. The van der Waals surface area contributed by atoms with Crippen molar-refractivity contribution in [2.24, 2.45) is 5.92 Å². The zero-order valence-corrected chi connectivity index (χ0v) is 17.8. The molecule has 0 spiro atoms. The number of benzene rings is 2. The second-order valence-corrected chi connectivity index (χ2v) is 8.60. The Morgan fingerprint density at radius 2 is 1.87 bits per heavy atom. The Hall–Kier alpha value is -2.46. The first-order chi connectivity index (χ1) is 14.5. The van der Waals surface area contributed by atoms with Crippen molar-refractivity contribution in [3.63, 3.8) is 0 Å². The molecule has 156 valence electrons. The molecule has 0 saturated heterocycles. The van der Waals surface area contributed by atoms with E-state index in [9.17, 15) is 9.18 Å². The number of aromatic nitrogens is 1. The van der Waals surface area contributed by atoms with Crippen molar-refractivity contribution in [3.05, 3.63) is 76.7 Å². The van der Waals surface area contributed by atoms with Gasteiger partial charge in [0, 0.05) is 28.2 Å². The van der Waals surface area contributed by atoms with Gasteiger partial charge in [0.25, 0.3) is 5.91 Å². The summed E-state index contributed by atoms with van der Waals surface area (Å²) < 4.78 is 13.8. The van der Waals surface area contributed by atoms with Crippen molar-refractivity contribution in [3.8, 4) is 0 Å². The molecule has 5 heteroatoms. The molecule has 4 rings (SSSR count). The normalized spacial score (nSPS) is 20.1. The minimum atomic E-state index is -0.221. The Bertz CT molecular complexity index is 1030. The van der Waals surface area contributed by atoms with E-state index in [0.717, 1.165) is 43.0 Å². The lowest BCUT2D eigenvalue weighted by Crippen LogP contribution is -2.41. The number of hydrogen-bond donors (Lipinski definition) is 1. The van der Waals surface area contributed by atoms with Crippen LogP contribution in [0.2, 0.25) is 5.02 Å². The van der Waals surface area contributed by atoms with E-state index in [1.165, 1.54) is 11.6 Å². The van der Waals surface area contributed by atoms with E-state index >= 15 is 0 Å². The van der Waals surface area contributed by atoms with Gasteiger partial charge in [0.15, 0.2) is 0 Å². The number of nitrogens with zero attached hydrogens (tertiary/aromatic N) is 1. The van der Waals surface area contributed by atoms with E-state index in [1.54, 1.807) is 36.4 Å². The zero-order valence-electron chi connectivity index (χ0n) is 17.1. The highest BCUT2D eigenvalue weighted by Gasteiger charge is 2.29. The van der Waals surface area contributed by atoms with Gasteiger partial charge >= 0.3 is 0 Å². The van der Waals surface area contributed by atoms with Gasteiger partial charge in [-0.25, -0.2) is 4.39 Å². The third-order valence-corrected chi connectivity index (χ3v) is 6.63. The molecule has 1 N–H and O–H groups in total. The van der Waals surface area contributed by atoms with Crippen molar-refractivity contribution in [2.45, 2.75) is 51.0 Å². The van der Waals surface area contributed by atoms with Gasteiger partial charge in [-0.15, -0.1) is 0 Å². The molecule has 0 aliphatic heterocycles. The molecule has 1 fully saturated rings. The lowest BCUT2D eigenvalue weighted by Gasteiger charge is -2.34. The summed E-state index contributed by atoms with van der Waals surface area (Å²) in [5.74, 6) is 0.586. The minimum Gasteiger partial charge on any atom is -0.349 e. The van der Waals surface area contributed by atoms with Gasteiger partial charge in [0.1, 0.15) is 5.82 Å². The number of hydrogen-bond acceptors (Lipinski definition) is 2. The van der Waals surface area contributed by atoms with Crippen molar-refractivity contribution in [1.29, 1.82) is 0 Å². The van der Waals surface area contributed by atoms with Gasteiger partial charge in [-0.2, -0.15) is 0 Å². The fourth-order valence-corrected chi connectivity index (χ4v) is 4.86. The van der Waals surface area contributed by atoms with E-state index in [1.807, 2.05) is 12.3 Å². The van der Waals surface area contributed by atoms with Crippen molar-refractivity contribution < 1.29 is 9.18 Å². The first-order valence-electron chi connectivity index (χ1n) is 10.7. The SMILES string of the molecule is CC[C@@H](NC(=O)c1ccc(Cl)cc1)[C@H]1CC[C@@H](c2ccnc3ccc(F)cc32)CC1. The monoisotopic (exact) mass is 424 g/mol. The predicted octanol–water partition coefficient (Wildman–Crippen LogP) is 6.51. The Morgan fingerprint density at radius 1 is 1.13 bits per heavy atom. The minimum absolute atomic E-state index is 0.0451. The maximum absolute atomic E-state index is 13.8. The molecule has 3 aromatic rings. The summed E-state index contributed by atoms with van der Waals surface area (Å²) in [6.45, 7) is 2.12. The van der Waals surface area contributed by atoms with Gasteiger partial charge in [0.05, 0.1) is 5.52 Å². The first kappa shape index (κ1) is 20.8. The summed E-state index contributed by atoms with van der Waals surface area (Å²) in [5.41, 5.74) is 2.67. The average Bonchev–Trinajstić information content (AvgIpc) is 2.77. The highest BCUT2D eigenvalue weighted by molar-refractivity contribution is 6.30. The highest BCUT2D eigenvalue weighted by atomic mass is 35.5. The largest absolute Gasteiger partial charge is 0.349 e. The van der Waals surface area contributed by atoms with Crippen molar-refractivity contribution >= 4 is 28.4 Å². The lowest BCUT2D eigenvalue weighted by molar-refractivity contribution is 0.0909. The van der Waals surface area contributed by atoms with Crippen molar-refractivity contribution in [2.75, 3.05) is 0 Å². The van der Waals surface area contributed by atoms with Crippen LogP contribution in [0.3, 0.4) is 0 Å². The molecule has 0 bridgehead atoms. The number of rotatable bonds is 5. The van der Waals surface area contributed by atoms with Crippen LogP contribution in [-0.4, -0.2) is 16.9 Å². The molecule has 1 heterocycles. The van der Waals surface area contributed by atoms with Gasteiger partial charge < -0.3 is 5.32 Å². The molecular formula is C25H26ClFN2O.